The van der Waals surface area contributed by atoms with Crippen LogP contribution in [-0.2, 0) is 6.42 Å². The van der Waals surface area contributed by atoms with E-state index in [1.54, 1.807) is 0 Å². The Morgan fingerprint density at radius 2 is 1.76 bits per heavy atom. The molecule has 0 aliphatic rings. The minimum atomic E-state index is -0.00425. The number of nitrogens with two attached hydrogens (primary N) is 1. The molecule has 0 radical (unpaired) electrons. The van der Waals surface area contributed by atoms with E-state index in [0.29, 0.717) is 6.54 Å². The number of benzene rings is 2. The van der Waals surface area contributed by atoms with Gasteiger partial charge in [0.25, 0.3) is 5.91 Å². The van der Waals surface area contributed by atoms with Crippen molar-refractivity contribution in [3.63, 3.8) is 0 Å². The molecule has 110 valence electrons. The van der Waals surface area contributed by atoms with E-state index in [0.717, 1.165) is 29.7 Å². The van der Waals surface area contributed by atoms with Crippen LogP contribution < -0.4 is 11.1 Å². The van der Waals surface area contributed by atoms with Crippen LogP contribution in [0, 0.1) is 13.8 Å². The van der Waals surface area contributed by atoms with Crippen molar-refractivity contribution in [3.8, 4) is 0 Å². The summed E-state index contributed by atoms with van der Waals surface area (Å²) >= 11 is 0. The Hall–Kier alpha value is -2.29. The van der Waals surface area contributed by atoms with Gasteiger partial charge in [-0.3, -0.25) is 4.79 Å². The van der Waals surface area contributed by atoms with E-state index in [-0.39, 0.29) is 5.91 Å². The highest BCUT2D eigenvalue weighted by Gasteiger charge is 2.05. The second-order valence-electron chi connectivity index (χ2n) is 5.40. The van der Waals surface area contributed by atoms with Gasteiger partial charge in [0.15, 0.2) is 0 Å². The first-order valence-electron chi connectivity index (χ1n) is 7.26. The Morgan fingerprint density at radius 3 is 2.43 bits per heavy atom. The Morgan fingerprint density at radius 1 is 1.05 bits per heavy atom. The number of hydrogen-bond donors (Lipinski definition) is 2. The molecule has 2 rings (SSSR count). The molecule has 0 unspecified atom stereocenters. The number of anilines is 1. The normalized spacial score (nSPS) is 10.4. The fraction of sp³-hybridized carbons (Fsp3) is 0.278. The van der Waals surface area contributed by atoms with Crippen LogP contribution in [0.2, 0.25) is 0 Å². The minimum Gasteiger partial charge on any atom is -0.399 e. The van der Waals surface area contributed by atoms with Crippen molar-refractivity contribution in [2.75, 3.05) is 12.3 Å². The van der Waals surface area contributed by atoms with Gasteiger partial charge in [-0.25, -0.2) is 0 Å². The summed E-state index contributed by atoms with van der Waals surface area (Å²) in [6, 6.07) is 13.7. The molecule has 0 spiro atoms. The van der Waals surface area contributed by atoms with E-state index in [1.807, 2.05) is 56.3 Å². The van der Waals surface area contributed by atoms with Crippen molar-refractivity contribution in [2.45, 2.75) is 26.7 Å². The molecule has 3 nitrogen and oxygen atoms in total. The van der Waals surface area contributed by atoms with Crippen LogP contribution in [0.5, 0.6) is 0 Å². The number of hydrogen-bond acceptors (Lipinski definition) is 2. The summed E-state index contributed by atoms with van der Waals surface area (Å²) in [7, 11) is 0. The lowest BCUT2D eigenvalue weighted by Crippen LogP contribution is -2.24. The Labute approximate surface area is 126 Å². The Kier molecular flexibility index (Phi) is 4.99. The van der Waals surface area contributed by atoms with Crippen molar-refractivity contribution in [2.24, 2.45) is 0 Å². The number of nitrogen functional groups attached to an aromatic ring is 1. The number of carbonyl (C=O) groups is 1. The smallest absolute Gasteiger partial charge is 0.251 e. The van der Waals surface area contributed by atoms with E-state index >= 15 is 0 Å². The van der Waals surface area contributed by atoms with Gasteiger partial charge in [0.05, 0.1) is 0 Å². The fourth-order valence-electron chi connectivity index (χ4n) is 2.16. The quantitative estimate of drug-likeness (QED) is 0.653. The average molecular weight is 282 g/mol. The maximum Gasteiger partial charge on any atom is 0.251 e. The molecular weight excluding hydrogens is 260 g/mol. The van der Waals surface area contributed by atoms with Crippen LogP contribution in [0.3, 0.4) is 0 Å². The van der Waals surface area contributed by atoms with Crippen LogP contribution in [0.15, 0.2) is 42.5 Å². The largest absolute Gasteiger partial charge is 0.399 e. The maximum absolute atomic E-state index is 12.0. The molecular formula is C18H22N2O. The molecule has 1 amide bonds. The zero-order valence-corrected chi connectivity index (χ0v) is 12.6. The SMILES string of the molecule is Cc1ccc(C(=O)NCCCc2ccc(N)cc2)cc1C. The van der Waals surface area contributed by atoms with Crippen LogP contribution in [-0.4, -0.2) is 12.5 Å². The highest BCUT2D eigenvalue weighted by Crippen LogP contribution is 2.10. The molecule has 3 heteroatoms. The number of carbonyl (C=O) groups excluding carboxylic acids is 1. The topological polar surface area (TPSA) is 55.1 Å². The van der Waals surface area contributed by atoms with Gasteiger partial charge in [0, 0.05) is 17.8 Å². The standard InChI is InChI=1S/C18H22N2O/c1-13-5-8-16(12-14(13)2)18(21)20-11-3-4-15-6-9-17(19)10-7-15/h5-10,12H,3-4,11,19H2,1-2H3,(H,20,21). The fourth-order valence-corrected chi connectivity index (χ4v) is 2.16. The summed E-state index contributed by atoms with van der Waals surface area (Å²) in [5.74, 6) is -0.00425. The second kappa shape index (κ2) is 6.93. The van der Waals surface area contributed by atoms with Gasteiger partial charge in [-0.2, -0.15) is 0 Å². The van der Waals surface area contributed by atoms with Crippen LogP contribution in [0.4, 0.5) is 5.69 Å². The Balaban J connectivity index is 1.79. The summed E-state index contributed by atoms with van der Waals surface area (Å²) < 4.78 is 0. The molecule has 0 saturated heterocycles. The zero-order chi connectivity index (χ0) is 15.2. The van der Waals surface area contributed by atoms with Gasteiger partial charge in [-0.05, 0) is 67.6 Å². The molecule has 0 aromatic heterocycles. The molecule has 0 atom stereocenters. The van der Waals surface area contributed by atoms with E-state index < -0.39 is 0 Å². The minimum absolute atomic E-state index is 0.00425. The van der Waals surface area contributed by atoms with E-state index in [1.165, 1.54) is 11.1 Å². The monoisotopic (exact) mass is 282 g/mol. The van der Waals surface area contributed by atoms with E-state index in [2.05, 4.69) is 5.32 Å². The molecule has 2 aromatic carbocycles. The van der Waals surface area contributed by atoms with Crippen molar-refractivity contribution < 1.29 is 4.79 Å². The molecule has 0 aliphatic heterocycles. The van der Waals surface area contributed by atoms with Crippen molar-refractivity contribution >= 4 is 11.6 Å². The number of rotatable bonds is 5. The highest BCUT2D eigenvalue weighted by atomic mass is 16.1. The van der Waals surface area contributed by atoms with Crippen LogP contribution in [0.1, 0.15) is 33.5 Å². The van der Waals surface area contributed by atoms with Crippen LogP contribution in [0.25, 0.3) is 0 Å². The second-order valence-corrected chi connectivity index (χ2v) is 5.40. The third-order valence-corrected chi connectivity index (χ3v) is 3.68. The predicted molar refractivity (Wildman–Crippen MR) is 87.4 cm³/mol. The number of aryl methyl sites for hydroxylation is 3. The molecule has 0 heterocycles. The third kappa shape index (κ3) is 4.35. The van der Waals surface area contributed by atoms with Crippen molar-refractivity contribution in [1.29, 1.82) is 0 Å². The zero-order valence-electron chi connectivity index (χ0n) is 12.6. The number of amides is 1. The molecule has 2 aromatic rings. The summed E-state index contributed by atoms with van der Waals surface area (Å²) in [6.45, 7) is 4.74. The Bertz CT molecular complexity index is 618. The maximum atomic E-state index is 12.0. The molecule has 0 aliphatic carbocycles. The van der Waals surface area contributed by atoms with Gasteiger partial charge in [-0.1, -0.05) is 18.2 Å². The van der Waals surface area contributed by atoms with Gasteiger partial charge >= 0.3 is 0 Å². The van der Waals surface area contributed by atoms with Gasteiger partial charge in [0.1, 0.15) is 0 Å². The number of nitrogens with one attached hydrogen (secondary N) is 1. The molecule has 0 saturated carbocycles. The van der Waals surface area contributed by atoms with Crippen LogP contribution >= 0.6 is 0 Å². The summed E-state index contributed by atoms with van der Waals surface area (Å²) in [4.78, 5) is 12.0. The summed E-state index contributed by atoms with van der Waals surface area (Å²) in [6.07, 6.45) is 1.86. The lowest BCUT2D eigenvalue weighted by atomic mass is 10.1. The van der Waals surface area contributed by atoms with E-state index in [4.69, 9.17) is 5.73 Å². The first-order chi connectivity index (χ1) is 10.1. The van der Waals surface area contributed by atoms with Gasteiger partial charge in [0.2, 0.25) is 0 Å². The molecule has 0 fully saturated rings. The van der Waals surface area contributed by atoms with E-state index in [9.17, 15) is 4.79 Å². The molecule has 0 bridgehead atoms. The van der Waals surface area contributed by atoms with Crippen molar-refractivity contribution in [3.05, 3.63) is 64.7 Å². The lowest BCUT2D eigenvalue weighted by Gasteiger charge is -2.07. The molecule has 3 N–H and O–H groups in total. The third-order valence-electron chi connectivity index (χ3n) is 3.68. The van der Waals surface area contributed by atoms with Gasteiger partial charge < -0.3 is 11.1 Å². The first kappa shape index (κ1) is 15.1. The predicted octanol–water partition coefficient (Wildman–Crippen LogP) is 3.25. The molecule has 21 heavy (non-hydrogen) atoms. The average Bonchev–Trinajstić information content (AvgIpc) is 2.48. The van der Waals surface area contributed by atoms with Gasteiger partial charge in [-0.15, -0.1) is 0 Å². The lowest BCUT2D eigenvalue weighted by molar-refractivity contribution is 0.0953. The first-order valence-corrected chi connectivity index (χ1v) is 7.26. The summed E-state index contributed by atoms with van der Waals surface area (Å²) in [5, 5.41) is 2.96. The highest BCUT2D eigenvalue weighted by molar-refractivity contribution is 5.94. The van der Waals surface area contributed by atoms with Crippen molar-refractivity contribution in [1.82, 2.24) is 5.32 Å². The summed E-state index contributed by atoms with van der Waals surface area (Å²) in [5.41, 5.74) is 10.7.